The van der Waals surface area contributed by atoms with Crippen molar-refractivity contribution in [1.29, 1.82) is 0 Å². The highest BCUT2D eigenvalue weighted by molar-refractivity contribution is 7.90. The lowest BCUT2D eigenvalue weighted by Crippen LogP contribution is -2.45. The maximum absolute atomic E-state index is 12.7. The highest BCUT2D eigenvalue weighted by atomic mass is 32.2. The number of carbonyl (C=O) groups excluding carboxylic acids is 2. The number of nitrogens with zero attached hydrogens (tertiary/aromatic N) is 1. The van der Waals surface area contributed by atoms with Crippen LogP contribution >= 0.6 is 0 Å². The van der Waals surface area contributed by atoms with E-state index in [1.807, 2.05) is 13.8 Å². The van der Waals surface area contributed by atoms with Gasteiger partial charge in [-0.15, -0.1) is 0 Å². The molecule has 1 fully saturated rings. The van der Waals surface area contributed by atoms with E-state index >= 15 is 0 Å². The minimum atomic E-state index is -3.96. The highest BCUT2D eigenvalue weighted by Gasteiger charge is 2.24. The van der Waals surface area contributed by atoms with Crippen LogP contribution in [0.4, 0.5) is 9.59 Å². The van der Waals surface area contributed by atoms with Gasteiger partial charge in [0.2, 0.25) is 0 Å². The standard InChI is InChI=1S/C21H32N4O4S/c1-15(2)22-21(27)25-12-10-16-8-9-19(14-17(16)11-13-25)30(28,29)24-20(26)23-18-6-4-3-5-7-18/h8-9,14-15,18H,3-7,10-13H2,1-2H3,(H,22,27)(H2,23,24,26). The van der Waals surface area contributed by atoms with Gasteiger partial charge in [-0.2, -0.15) is 0 Å². The van der Waals surface area contributed by atoms with Gasteiger partial charge in [-0.1, -0.05) is 25.3 Å². The third-order valence-corrected chi connectivity index (χ3v) is 6.99. The molecule has 0 spiro atoms. The lowest BCUT2D eigenvalue weighted by Gasteiger charge is -2.22. The zero-order chi connectivity index (χ0) is 21.7. The Balaban J connectivity index is 1.65. The first-order chi connectivity index (χ1) is 14.2. The van der Waals surface area contributed by atoms with Crippen LogP contribution in [-0.4, -0.2) is 50.6 Å². The summed E-state index contributed by atoms with van der Waals surface area (Å²) in [5.74, 6) is 0. The topological polar surface area (TPSA) is 108 Å². The SMILES string of the molecule is CC(C)NC(=O)N1CCc2ccc(S(=O)(=O)NC(=O)NC3CCCCC3)cc2CC1. The van der Waals surface area contributed by atoms with Crippen molar-refractivity contribution in [3.8, 4) is 0 Å². The van der Waals surface area contributed by atoms with Crippen molar-refractivity contribution in [1.82, 2.24) is 20.3 Å². The van der Waals surface area contributed by atoms with E-state index in [1.54, 1.807) is 17.0 Å². The van der Waals surface area contributed by atoms with Gasteiger partial charge < -0.3 is 15.5 Å². The first kappa shape index (κ1) is 22.4. The van der Waals surface area contributed by atoms with E-state index in [0.29, 0.717) is 25.9 Å². The molecular formula is C21H32N4O4S. The largest absolute Gasteiger partial charge is 0.336 e. The fourth-order valence-corrected chi connectivity index (χ4v) is 5.02. The molecule has 0 unspecified atom stereocenters. The molecule has 1 aromatic rings. The summed E-state index contributed by atoms with van der Waals surface area (Å²) >= 11 is 0. The number of fused-ring (bicyclic) bond motifs is 1. The summed E-state index contributed by atoms with van der Waals surface area (Å²) < 4.78 is 27.5. The Morgan fingerprint density at radius 2 is 1.70 bits per heavy atom. The number of nitrogens with one attached hydrogen (secondary N) is 3. The molecule has 0 saturated heterocycles. The second kappa shape index (κ2) is 9.68. The summed E-state index contributed by atoms with van der Waals surface area (Å²) in [7, 11) is -3.96. The number of carbonyl (C=O) groups is 2. The van der Waals surface area contributed by atoms with E-state index in [9.17, 15) is 18.0 Å². The number of rotatable bonds is 4. The zero-order valence-electron chi connectivity index (χ0n) is 17.7. The smallest absolute Gasteiger partial charge is 0.328 e. The van der Waals surface area contributed by atoms with E-state index in [-0.39, 0.29) is 23.0 Å². The average molecular weight is 437 g/mol. The summed E-state index contributed by atoms with van der Waals surface area (Å²) in [4.78, 5) is 26.3. The molecule has 1 aromatic carbocycles. The number of hydrogen-bond acceptors (Lipinski definition) is 4. The van der Waals surface area contributed by atoms with Crippen LogP contribution < -0.4 is 15.4 Å². The molecule has 8 nitrogen and oxygen atoms in total. The molecule has 0 aromatic heterocycles. The molecular weight excluding hydrogens is 404 g/mol. The van der Waals surface area contributed by atoms with Gasteiger partial charge in [0.25, 0.3) is 10.0 Å². The number of urea groups is 2. The predicted octanol–water partition coefficient (Wildman–Crippen LogP) is 2.53. The number of hydrogen-bond donors (Lipinski definition) is 3. The molecule has 0 radical (unpaired) electrons. The van der Waals surface area contributed by atoms with E-state index in [4.69, 9.17) is 0 Å². The Morgan fingerprint density at radius 1 is 1.03 bits per heavy atom. The van der Waals surface area contributed by atoms with Gasteiger partial charge in [0.1, 0.15) is 0 Å². The molecule has 3 N–H and O–H groups in total. The molecule has 9 heteroatoms. The molecule has 3 rings (SSSR count). The van der Waals surface area contributed by atoms with Crippen LogP contribution in [0.5, 0.6) is 0 Å². The normalized spacial score (nSPS) is 17.8. The van der Waals surface area contributed by atoms with E-state index in [2.05, 4.69) is 15.4 Å². The first-order valence-corrected chi connectivity index (χ1v) is 12.2. The van der Waals surface area contributed by atoms with Crippen LogP contribution in [0.1, 0.15) is 57.1 Å². The third-order valence-electron chi connectivity index (χ3n) is 5.66. The van der Waals surface area contributed by atoms with Gasteiger partial charge in [-0.05, 0) is 62.8 Å². The van der Waals surface area contributed by atoms with Crippen molar-refractivity contribution >= 4 is 22.1 Å². The lowest BCUT2D eigenvalue weighted by molar-refractivity contribution is 0.197. The fraction of sp³-hybridized carbons (Fsp3) is 0.619. The van der Waals surface area contributed by atoms with Crippen molar-refractivity contribution < 1.29 is 18.0 Å². The van der Waals surface area contributed by atoms with Gasteiger partial charge in [-0.3, -0.25) is 0 Å². The van der Waals surface area contributed by atoms with Gasteiger partial charge in [0, 0.05) is 25.2 Å². The summed E-state index contributed by atoms with van der Waals surface area (Å²) in [5.41, 5.74) is 1.92. The molecule has 1 aliphatic carbocycles. The van der Waals surface area contributed by atoms with E-state index < -0.39 is 16.1 Å². The monoisotopic (exact) mass is 436 g/mol. The van der Waals surface area contributed by atoms with Crippen LogP contribution in [0.15, 0.2) is 23.1 Å². The summed E-state index contributed by atoms with van der Waals surface area (Å²) in [5, 5.41) is 5.66. The quantitative estimate of drug-likeness (QED) is 0.674. The van der Waals surface area contributed by atoms with Crippen molar-refractivity contribution in [3.05, 3.63) is 29.3 Å². The molecule has 166 valence electrons. The van der Waals surface area contributed by atoms with Crippen molar-refractivity contribution in [2.24, 2.45) is 0 Å². The second-order valence-electron chi connectivity index (χ2n) is 8.44. The summed E-state index contributed by atoms with van der Waals surface area (Å²) in [6.45, 7) is 4.93. The van der Waals surface area contributed by atoms with Crippen LogP contribution in [0.3, 0.4) is 0 Å². The van der Waals surface area contributed by atoms with E-state index in [1.165, 1.54) is 6.07 Å². The fourth-order valence-electron chi connectivity index (χ4n) is 4.05. The first-order valence-electron chi connectivity index (χ1n) is 10.7. The second-order valence-corrected chi connectivity index (χ2v) is 10.1. The summed E-state index contributed by atoms with van der Waals surface area (Å²) in [6.07, 6.45) is 6.25. The minimum absolute atomic E-state index is 0.0314. The Bertz CT molecular complexity index is 879. The average Bonchev–Trinajstić information content (AvgIpc) is 2.90. The Kier molecular flexibility index (Phi) is 7.23. The molecule has 1 saturated carbocycles. The van der Waals surface area contributed by atoms with Crippen molar-refractivity contribution in [2.45, 2.75) is 75.8 Å². The Labute approximate surface area is 178 Å². The maximum atomic E-state index is 12.7. The molecule has 1 aliphatic heterocycles. The lowest BCUT2D eigenvalue weighted by atomic mass is 9.96. The predicted molar refractivity (Wildman–Crippen MR) is 115 cm³/mol. The molecule has 1 heterocycles. The van der Waals surface area contributed by atoms with Gasteiger partial charge in [0.15, 0.2) is 0 Å². The molecule has 2 aliphatic rings. The Hall–Kier alpha value is -2.29. The van der Waals surface area contributed by atoms with Crippen LogP contribution in [-0.2, 0) is 22.9 Å². The molecule has 4 amide bonds. The zero-order valence-corrected chi connectivity index (χ0v) is 18.6. The highest BCUT2D eigenvalue weighted by Crippen LogP contribution is 2.21. The van der Waals surface area contributed by atoms with Crippen LogP contribution in [0.2, 0.25) is 0 Å². The minimum Gasteiger partial charge on any atom is -0.336 e. The van der Waals surface area contributed by atoms with Crippen LogP contribution in [0, 0.1) is 0 Å². The third kappa shape index (κ3) is 5.87. The van der Waals surface area contributed by atoms with Crippen molar-refractivity contribution in [2.75, 3.05) is 13.1 Å². The number of amides is 4. The van der Waals surface area contributed by atoms with Crippen LogP contribution in [0.25, 0.3) is 0 Å². The molecule has 30 heavy (non-hydrogen) atoms. The number of sulfonamides is 1. The Morgan fingerprint density at radius 3 is 2.37 bits per heavy atom. The number of benzene rings is 1. The molecule has 0 atom stereocenters. The van der Waals surface area contributed by atoms with Gasteiger partial charge in [0.05, 0.1) is 4.90 Å². The van der Waals surface area contributed by atoms with Gasteiger partial charge in [-0.25, -0.2) is 22.7 Å². The summed E-state index contributed by atoms with van der Waals surface area (Å²) in [6, 6.07) is 4.25. The molecule has 0 bridgehead atoms. The van der Waals surface area contributed by atoms with Gasteiger partial charge >= 0.3 is 12.1 Å². The van der Waals surface area contributed by atoms with Crippen molar-refractivity contribution in [3.63, 3.8) is 0 Å². The maximum Gasteiger partial charge on any atom is 0.328 e. The van der Waals surface area contributed by atoms with E-state index in [0.717, 1.165) is 43.2 Å².